The van der Waals surface area contributed by atoms with E-state index in [2.05, 4.69) is 17.6 Å². The molecule has 0 radical (unpaired) electrons. The van der Waals surface area contributed by atoms with E-state index >= 15 is 0 Å². The Morgan fingerprint density at radius 1 is 1.38 bits per heavy atom. The first-order chi connectivity index (χ1) is 7.72. The third-order valence-electron chi connectivity index (χ3n) is 3.12. The minimum Gasteiger partial charge on any atom is -0.393 e. The minimum absolute atomic E-state index is 0.0755. The monoisotopic (exact) mass is 228 g/mol. The van der Waals surface area contributed by atoms with Crippen molar-refractivity contribution in [3.05, 3.63) is 0 Å². The Hall–Kier alpha value is -0.770. The molecular weight excluding hydrogens is 204 g/mol. The Bertz CT molecular complexity index is 209. The highest BCUT2D eigenvalue weighted by molar-refractivity contribution is 5.73. The first-order valence-corrected chi connectivity index (χ1v) is 6.42. The van der Waals surface area contributed by atoms with Crippen molar-refractivity contribution in [3.8, 4) is 0 Å². The fourth-order valence-corrected chi connectivity index (χ4v) is 2.13. The zero-order valence-electron chi connectivity index (χ0n) is 10.2. The maximum absolute atomic E-state index is 11.4. The molecule has 4 heteroatoms. The van der Waals surface area contributed by atoms with Crippen LogP contribution < -0.4 is 10.6 Å². The molecule has 1 aliphatic carbocycles. The maximum Gasteiger partial charge on any atom is 0.314 e. The van der Waals surface area contributed by atoms with Gasteiger partial charge in [-0.15, -0.1) is 0 Å². The lowest BCUT2D eigenvalue weighted by molar-refractivity contribution is 0.101. The summed E-state index contributed by atoms with van der Waals surface area (Å²) in [6, 6.07) is -0.0755. The van der Waals surface area contributed by atoms with Crippen molar-refractivity contribution in [1.82, 2.24) is 10.6 Å². The summed E-state index contributed by atoms with van der Waals surface area (Å²) in [6.07, 6.45) is 5.89. The summed E-state index contributed by atoms with van der Waals surface area (Å²) >= 11 is 0. The molecule has 3 N–H and O–H groups in total. The van der Waals surface area contributed by atoms with Gasteiger partial charge in [0.2, 0.25) is 0 Å². The van der Waals surface area contributed by atoms with Crippen LogP contribution in [0.2, 0.25) is 0 Å². The van der Waals surface area contributed by atoms with Gasteiger partial charge in [-0.2, -0.15) is 0 Å². The number of nitrogens with one attached hydrogen (secondary N) is 2. The van der Waals surface area contributed by atoms with Crippen LogP contribution in [0.5, 0.6) is 0 Å². The predicted molar refractivity (Wildman–Crippen MR) is 64.3 cm³/mol. The van der Waals surface area contributed by atoms with E-state index in [0.29, 0.717) is 12.5 Å². The molecule has 0 aromatic rings. The van der Waals surface area contributed by atoms with Gasteiger partial charge in [-0.1, -0.05) is 19.8 Å². The highest BCUT2D eigenvalue weighted by atomic mass is 16.3. The van der Waals surface area contributed by atoms with Crippen LogP contribution in [0.3, 0.4) is 0 Å². The van der Waals surface area contributed by atoms with Gasteiger partial charge in [0, 0.05) is 13.1 Å². The van der Waals surface area contributed by atoms with Crippen LogP contribution in [0.1, 0.15) is 45.4 Å². The SMILES string of the molecule is CCCCNC(=O)NCC1CCCC(O)C1. The molecule has 0 aliphatic heterocycles. The fraction of sp³-hybridized carbons (Fsp3) is 0.917. The van der Waals surface area contributed by atoms with E-state index in [9.17, 15) is 9.90 Å². The number of hydrogen-bond acceptors (Lipinski definition) is 2. The summed E-state index contributed by atoms with van der Waals surface area (Å²) in [5, 5.41) is 15.2. The summed E-state index contributed by atoms with van der Waals surface area (Å²) in [5.41, 5.74) is 0. The number of aliphatic hydroxyl groups excluding tert-OH is 1. The van der Waals surface area contributed by atoms with Gasteiger partial charge in [0.15, 0.2) is 0 Å². The molecule has 1 saturated carbocycles. The quantitative estimate of drug-likeness (QED) is 0.626. The number of hydrogen-bond donors (Lipinski definition) is 3. The predicted octanol–water partition coefficient (Wildman–Crippen LogP) is 1.64. The van der Waals surface area contributed by atoms with Crippen molar-refractivity contribution >= 4 is 6.03 Å². The second-order valence-corrected chi connectivity index (χ2v) is 4.68. The van der Waals surface area contributed by atoms with E-state index in [1.807, 2.05) is 0 Å². The summed E-state index contributed by atoms with van der Waals surface area (Å²) in [7, 11) is 0. The van der Waals surface area contributed by atoms with Gasteiger partial charge in [0.25, 0.3) is 0 Å². The van der Waals surface area contributed by atoms with E-state index in [4.69, 9.17) is 0 Å². The molecule has 94 valence electrons. The second kappa shape index (κ2) is 7.49. The number of carbonyl (C=O) groups is 1. The standard InChI is InChI=1S/C12H24N2O2/c1-2-3-7-13-12(16)14-9-10-5-4-6-11(15)8-10/h10-11,15H,2-9H2,1H3,(H2,13,14,16). The first-order valence-electron chi connectivity index (χ1n) is 6.42. The molecule has 0 aromatic heterocycles. The summed E-state index contributed by atoms with van der Waals surface area (Å²) in [4.78, 5) is 11.4. The Morgan fingerprint density at radius 2 is 2.19 bits per heavy atom. The van der Waals surface area contributed by atoms with Crippen molar-refractivity contribution in [2.24, 2.45) is 5.92 Å². The average Bonchev–Trinajstić information content (AvgIpc) is 2.27. The van der Waals surface area contributed by atoms with Crippen LogP contribution in [0.15, 0.2) is 0 Å². The zero-order valence-corrected chi connectivity index (χ0v) is 10.2. The van der Waals surface area contributed by atoms with Gasteiger partial charge in [0.1, 0.15) is 0 Å². The molecule has 0 aromatic carbocycles. The van der Waals surface area contributed by atoms with Crippen LogP contribution in [-0.2, 0) is 0 Å². The number of aliphatic hydroxyl groups is 1. The fourth-order valence-electron chi connectivity index (χ4n) is 2.13. The molecule has 16 heavy (non-hydrogen) atoms. The number of rotatable bonds is 5. The number of urea groups is 1. The molecule has 0 saturated heterocycles. The molecule has 0 heterocycles. The van der Waals surface area contributed by atoms with Crippen molar-refractivity contribution in [2.75, 3.05) is 13.1 Å². The third-order valence-corrected chi connectivity index (χ3v) is 3.12. The second-order valence-electron chi connectivity index (χ2n) is 4.68. The molecule has 0 bridgehead atoms. The molecule has 2 unspecified atom stereocenters. The topological polar surface area (TPSA) is 61.4 Å². The van der Waals surface area contributed by atoms with E-state index in [1.165, 1.54) is 0 Å². The van der Waals surface area contributed by atoms with Gasteiger partial charge in [-0.25, -0.2) is 4.79 Å². The lowest BCUT2D eigenvalue weighted by Gasteiger charge is -2.25. The van der Waals surface area contributed by atoms with E-state index < -0.39 is 0 Å². The molecular formula is C12H24N2O2. The van der Waals surface area contributed by atoms with Crippen LogP contribution in [0.25, 0.3) is 0 Å². The molecule has 0 spiro atoms. The van der Waals surface area contributed by atoms with Gasteiger partial charge in [-0.3, -0.25) is 0 Å². The zero-order chi connectivity index (χ0) is 11.8. The van der Waals surface area contributed by atoms with Gasteiger partial charge in [-0.05, 0) is 31.6 Å². The molecule has 1 fully saturated rings. The summed E-state index contributed by atoms with van der Waals surface area (Å²) in [5.74, 6) is 0.445. The highest BCUT2D eigenvalue weighted by Crippen LogP contribution is 2.23. The molecule has 2 atom stereocenters. The smallest absolute Gasteiger partial charge is 0.314 e. The Labute approximate surface area is 97.8 Å². The number of amides is 2. The Morgan fingerprint density at radius 3 is 2.88 bits per heavy atom. The van der Waals surface area contributed by atoms with Crippen LogP contribution in [0.4, 0.5) is 4.79 Å². The lowest BCUT2D eigenvalue weighted by atomic mass is 9.87. The Balaban J connectivity index is 2.06. The van der Waals surface area contributed by atoms with Crippen LogP contribution in [0, 0.1) is 5.92 Å². The van der Waals surface area contributed by atoms with Gasteiger partial charge < -0.3 is 15.7 Å². The third kappa shape index (κ3) is 5.35. The van der Waals surface area contributed by atoms with Crippen LogP contribution in [-0.4, -0.2) is 30.3 Å². The molecule has 1 aliphatic rings. The minimum atomic E-state index is -0.163. The number of carbonyl (C=O) groups excluding carboxylic acids is 1. The van der Waals surface area contributed by atoms with Crippen molar-refractivity contribution in [3.63, 3.8) is 0 Å². The van der Waals surface area contributed by atoms with Crippen LogP contribution >= 0.6 is 0 Å². The first kappa shape index (κ1) is 13.3. The van der Waals surface area contributed by atoms with E-state index in [1.54, 1.807) is 0 Å². The largest absolute Gasteiger partial charge is 0.393 e. The Kier molecular flexibility index (Phi) is 6.23. The highest BCUT2D eigenvalue weighted by Gasteiger charge is 2.20. The van der Waals surface area contributed by atoms with Gasteiger partial charge in [0.05, 0.1) is 6.10 Å². The van der Waals surface area contributed by atoms with E-state index in [0.717, 1.165) is 45.1 Å². The normalized spacial score (nSPS) is 25.1. The lowest BCUT2D eigenvalue weighted by Crippen LogP contribution is -2.39. The van der Waals surface area contributed by atoms with Crippen molar-refractivity contribution < 1.29 is 9.90 Å². The molecule has 2 amide bonds. The molecule has 4 nitrogen and oxygen atoms in total. The van der Waals surface area contributed by atoms with E-state index in [-0.39, 0.29) is 12.1 Å². The van der Waals surface area contributed by atoms with Crippen molar-refractivity contribution in [1.29, 1.82) is 0 Å². The average molecular weight is 228 g/mol. The maximum atomic E-state index is 11.4. The van der Waals surface area contributed by atoms with Gasteiger partial charge >= 0.3 is 6.03 Å². The summed E-state index contributed by atoms with van der Waals surface area (Å²) in [6.45, 7) is 3.54. The van der Waals surface area contributed by atoms with Crippen molar-refractivity contribution in [2.45, 2.75) is 51.6 Å². The summed E-state index contributed by atoms with van der Waals surface area (Å²) < 4.78 is 0. The molecule has 1 rings (SSSR count). The number of unbranched alkanes of at least 4 members (excludes halogenated alkanes) is 1.